The molecule has 0 aliphatic rings. The number of nitriles is 1. The van der Waals surface area contributed by atoms with Crippen LogP contribution in [0.5, 0.6) is 0 Å². The highest BCUT2D eigenvalue weighted by Crippen LogP contribution is 2.19. The van der Waals surface area contributed by atoms with E-state index >= 15 is 0 Å². The Labute approximate surface area is 70.7 Å². The van der Waals surface area contributed by atoms with Crippen LogP contribution in [0.3, 0.4) is 0 Å². The summed E-state index contributed by atoms with van der Waals surface area (Å²) in [6.07, 6.45) is 0. The first kappa shape index (κ1) is 8.66. The molecule has 0 spiro atoms. The third-order valence-corrected chi connectivity index (χ3v) is 1.63. The van der Waals surface area contributed by atoms with Crippen LogP contribution in [0, 0.1) is 17.3 Å². The molecule has 0 unspecified atom stereocenters. The average molecular weight is 164 g/mol. The second-order valence-electron chi connectivity index (χ2n) is 3.08. The van der Waals surface area contributed by atoms with E-state index in [2.05, 4.69) is 11.1 Å². The Morgan fingerprint density at radius 2 is 2.17 bits per heavy atom. The van der Waals surface area contributed by atoms with Crippen LogP contribution in [-0.2, 0) is 5.41 Å². The van der Waals surface area contributed by atoms with Crippen molar-refractivity contribution in [3.63, 3.8) is 0 Å². The van der Waals surface area contributed by atoms with Crippen molar-refractivity contribution in [2.75, 3.05) is 0 Å². The zero-order valence-electron chi connectivity index (χ0n) is 7.00. The van der Waals surface area contributed by atoms with Crippen LogP contribution >= 0.6 is 0 Å². The lowest BCUT2D eigenvalue weighted by Crippen LogP contribution is -2.16. The summed E-state index contributed by atoms with van der Waals surface area (Å²) < 4.78 is 12.6. The molecule has 0 aliphatic carbocycles. The van der Waals surface area contributed by atoms with Crippen molar-refractivity contribution in [2.24, 2.45) is 0 Å². The van der Waals surface area contributed by atoms with Crippen LogP contribution in [0.15, 0.2) is 18.2 Å². The Morgan fingerprint density at radius 1 is 1.50 bits per heavy atom. The maximum absolute atomic E-state index is 12.6. The van der Waals surface area contributed by atoms with Gasteiger partial charge in [-0.15, -0.1) is 0 Å². The summed E-state index contributed by atoms with van der Waals surface area (Å²) in [5, 5.41) is 8.73. The highest BCUT2D eigenvalue weighted by atomic mass is 19.1. The number of nitrogens with zero attached hydrogens (tertiary/aromatic N) is 2. The topological polar surface area (TPSA) is 36.7 Å². The van der Waals surface area contributed by atoms with Crippen LogP contribution in [0.4, 0.5) is 4.39 Å². The van der Waals surface area contributed by atoms with Crippen LogP contribution in [-0.4, -0.2) is 4.98 Å². The summed E-state index contributed by atoms with van der Waals surface area (Å²) in [5.74, 6) is -0.546. The van der Waals surface area contributed by atoms with Gasteiger partial charge in [0.25, 0.3) is 0 Å². The van der Waals surface area contributed by atoms with E-state index in [-0.39, 0.29) is 0 Å². The highest BCUT2D eigenvalue weighted by molar-refractivity contribution is 5.22. The molecule has 0 saturated carbocycles. The zero-order valence-corrected chi connectivity index (χ0v) is 7.00. The first-order chi connectivity index (χ1) is 5.56. The summed E-state index contributed by atoms with van der Waals surface area (Å²) in [5.41, 5.74) is -0.257. The lowest BCUT2D eigenvalue weighted by Gasteiger charge is -2.13. The Balaban J connectivity index is 3.14. The van der Waals surface area contributed by atoms with Gasteiger partial charge in [0.2, 0.25) is 5.95 Å². The van der Waals surface area contributed by atoms with Crippen molar-refractivity contribution in [3.05, 3.63) is 29.8 Å². The number of rotatable bonds is 1. The molecule has 0 atom stereocenters. The van der Waals surface area contributed by atoms with Gasteiger partial charge in [-0.25, -0.2) is 4.98 Å². The monoisotopic (exact) mass is 164 g/mol. The highest BCUT2D eigenvalue weighted by Gasteiger charge is 2.21. The van der Waals surface area contributed by atoms with Gasteiger partial charge in [-0.1, -0.05) is 6.07 Å². The minimum Gasteiger partial charge on any atom is -0.223 e. The summed E-state index contributed by atoms with van der Waals surface area (Å²) in [4.78, 5) is 3.63. The van der Waals surface area contributed by atoms with E-state index in [1.165, 1.54) is 6.07 Å². The van der Waals surface area contributed by atoms with E-state index in [0.29, 0.717) is 5.69 Å². The first-order valence-corrected chi connectivity index (χ1v) is 3.60. The molecule has 0 aliphatic heterocycles. The van der Waals surface area contributed by atoms with Crippen molar-refractivity contribution >= 4 is 0 Å². The molecule has 1 aromatic heterocycles. The number of aromatic nitrogens is 1. The maximum atomic E-state index is 12.6. The third kappa shape index (κ3) is 1.59. The molecule has 3 heteroatoms. The third-order valence-electron chi connectivity index (χ3n) is 1.63. The van der Waals surface area contributed by atoms with Crippen molar-refractivity contribution in [1.82, 2.24) is 4.98 Å². The first-order valence-electron chi connectivity index (χ1n) is 3.60. The molecule has 1 aromatic rings. The molecule has 62 valence electrons. The van der Waals surface area contributed by atoms with Crippen LogP contribution in [0.25, 0.3) is 0 Å². The molecule has 0 fully saturated rings. The Kier molecular flexibility index (Phi) is 2.09. The summed E-state index contributed by atoms with van der Waals surface area (Å²) in [7, 11) is 0. The molecule has 0 aromatic carbocycles. The lowest BCUT2D eigenvalue weighted by atomic mass is 9.91. The van der Waals surface area contributed by atoms with Crippen molar-refractivity contribution in [2.45, 2.75) is 19.3 Å². The van der Waals surface area contributed by atoms with E-state index in [4.69, 9.17) is 5.26 Å². The zero-order chi connectivity index (χ0) is 9.19. The molecule has 1 rings (SSSR count). The van der Waals surface area contributed by atoms with Gasteiger partial charge in [0, 0.05) is 0 Å². The van der Waals surface area contributed by atoms with Crippen LogP contribution in [0.2, 0.25) is 0 Å². The Morgan fingerprint density at radius 3 is 2.67 bits per heavy atom. The quantitative estimate of drug-likeness (QED) is 0.595. The number of hydrogen-bond acceptors (Lipinski definition) is 2. The van der Waals surface area contributed by atoms with Crippen molar-refractivity contribution in [1.29, 1.82) is 5.26 Å². The molecule has 12 heavy (non-hydrogen) atoms. The van der Waals surface area contributed by atoms with E-state index in [9.17, 15) is 4.39 Å². The summed E-state index contributed by atoms with van der Waals surface area (Å²) in [6, 6.07) is 6.51. The standard InChI is InChI=1S/C9H9FN2/c1-9(2,6-11)7-4-3-5-8(10)12-7/h3-5H,1-2H3. The second-order valence-corrected chi connectivity index (χ2v) is 3.08. The van der Waals surface area contributed by atoms with Crippen molar-refractivity contribution in [3.8, 4) is 6.07 Å². The minimum atomic E-state index is -0.720. The van der Waals surface area contributed by atoms with E-state index in [1.807, 2.05) is 0 Å². The van der Waals surface area contributed by atoms with Gasteiger partial charge in [0.1, 0.15) is 0 Å². The van der Waals surface area contributed by atoms with Gasteiger partial charge in [-0.05, 0) is 26.0 Å². The predicted octanol–water partition coefficient (Wildman–Crippen LogP) is 2.02. The number of halogens is 1. The summed E-state index contributed by atoms with van der Waals surface area (Å²) >= 11 is 0. The van der Waals surface area contributed by atoms with E-state index in [1.54, 1.807) is 26.0 Å². The maximum Gasteiger partial charge on any atom is 0.213 e. The lowest BCUT2D eigenvalue weighted by molar-refractivity contribution is 0.554. The second kappa shape index (κ2) is 2.90. The summed E-state index contributed by atoms with van der Waals surface area (Å²) in [6.45, 7) is 3.41. The molecule has 0 amide bonds. The van der Waals surface area contributed by atoms with Gasteiger partial charge in [-0.3, -0.25) is 0 Å². The number of hydrogen-bond donors (Lipinski definition) is 0. The molecule has 0 saturated heterocycles. The van der Waals surface area contributed by atoms with Gasteiger partial charge >= 0.3 is 0 Å². The predicted molar refractivity (Wildman–Crippen MR) is 42.8 cm³/mol. The fourth-order valence-electron chi connectivity index (χ4n) is 0.814. The molecule has 0 bridgehead atoms. The average Bonchev–Trinajstić information content (AvgIpc) is 2.05. The largest absolute Gasteiger partial charge is 0.223 e. The van der Waals surface area contributed by atoms with Gasteiger partial charge < -0.3 is 0 Å². The fraction of sp³-hybridized carbons (Fsp3) is 0.333. The Hall–Kier alpha value is -1.43. The van der Waals surface area contributed by atoms with Gasteiger partial charge in [0.15, 0.2) is 0 Å². The molecular weight excluding hydrogens is 155 g/mol. The minimum absolute atomic E-state index is 0.463. The molecule has 2 nitrogen and oxygen atoms in total. The van der Waals surface area contributed by atoms with E-state index in [0.717, 1.165) is 0 Å². The van der Waals surface area contributed by atoms with Gasteiger partial charge in [-0.2, -0.15) is 9.65 Å². The number of pyridine rings is 1. The van der Waals surface area contributed by atoms with Crippen molar-refractivity contribution < 1.29 is 4.39 Å². The normalized spacial score (nSPS) is 10.8. The molecule has 0 N–H and O–H groups in total. The van der Waals surface area contributed by atoms with Gasteiger partial charge in [0.05, 0.1) is 17.2 Å². The molecular formula is C9H9FN2. The van der Waals surface area contributed by atoms with Crippen LogP contribution < -0.4 is 0 Å². The Bertz CT molecular complexity index is 326. The molecule has 0 radical (unpaired) electrons. The van der Waals surface area contributed by atoms with E-state index < -0.39 is 11.4 Å². The van der Waals surface area contributed by atoms with Crippen LogP contribution in [0.1, 0.15) is 19.5 Å². The molecule has 1 heterocycles. The fourth-order valence-corrected chi connectivity index (χ4v) is 0.814. The smallest absolute Gasteiger partial charge is 0.213 e. The SMILES string of the molecule is CC(C)(C#N)c1cccc(F)n1.